The molecule has 1 aromatic heterocycles. The fraction of sp³-hybridized carbons (Fsp3) is 0.0714. The van der Waals surface area contributed by atoms with E-state index in [1.54, 1.807) is 18.3 Å². The molecule has 1 aromatic carbocycles. The van der Waals surface area contributed by atoms with Gasteiger partial charge in [-0.15, -0.1) is 0 Å². The van der Waals surface area contributed by atoms with E-state index in [4.69, 9.17) is 12.2 Å². The molecule has 6 heteroatoms. The first-order valence-electron chi connectivity index (χ1n) is 6.00. The quantitative estimate of drug-likeness (QED) is 0.582. The molecule has 0 radical (unpaired) electrons. The van der Waals surface area contributed by atoms with Crippen LogP contribution in [0.4, 0.5) is 5.69 Å². The largest absolute Gasteiger partial charge is 0.331 e. The van der Waals surface area contributed by atoms with Crippen LogP contribution in [0.2, 0.25) is 0 Å². The number of hydrogen-bond donors (Lipinski definition) is 3. The Morgan fingerprint density at radius 3 is 2.65 bits per heavy atom. The van der Waals surface area contributed by atoms with Crippen LogP contribution < -0.4 is 16.2 Å². The molecule has 0 saturated carbocycles. The molecule has 0 aliphatic carbocycles. The summed E-state index contributed by atoms with van der Waals surface area (Å²) < 4.78 is 0. The molecule has 0 saturated heterocycles. The van der Waals surface area contributed by atoms with Gasteiger partial charge in [0, 0.05) is 18.1 Å². The lowest BCUT2D eigenvalue weighted by Crippen LogP contribution is -2.43. The molecule has 1 heterocycles. The Kier molecular flexibility index (Phi) is 4.62. The summed E-state index contributed by atoms with van der Waals surface area (Å²) in [4.78, 5) is 15.6. The lowest BCUT2D eigenvalue weighted by molar-refractivity contribution is 0.0944. The van der Waals surface area contributed by atoms with E-state index in [1.165, 1.54) is 6.20 Å². The first-order chi connectivity index (χ1) is 9.66. The SMILES string of the molecule is Cc1ccccc1NC(=S)NNC(=O)c1cccnc1. The lowest BCUT2D eigenvalue weighted by atomic mass is 10.2. The van der Waals surface area contributed by atoms with E-state index in [2.05, 4.69) is 21.2 Å². The predicted molar refractivity (Wildman–Crippen MR) is 82.2 cm³/mol. The highest BCUT2D eigenvalue weighted by atomic mass is 32.1. The van der Waals surface area contributed by atoms with Crippen LogP contribution in [-0.4, -0.2) is 16.0 Å². The number of rotatable bonds is 2. The number of aromatic nitrogens is 1. The van der Waals surface area contributed by atoms with Crippen molar-refractivity contribution in [3.05, 3.63) is 59.9 Å². The van der Waals surface area contributed by atoms with Gasteiger partial charge in [-0.2, -0.15) is 0 Å². The molecule has 0 unspecified atom stereocenters. The Bertz CT molecular complexity index is 616. The summed E-state index contributed by atoms with van der Waals surface area (Å²) in [6.07, 6.45) is 3.09. The van der Waals surface area contributed by atoms with Gasteiger partial charge in [0.2, 0.25) is 0 Å². The van der Waals surface area contributed by atoms with E-state index >= 15 is 0 Å². The number of hydrazine groups is 1. The van der Waals surface area contributed by atoms with E-state index in [0.717, 1.165) is 11.3 Å². The molecular formula is C14H14N4OS. The van der Waals surface area contributed by atoms with Crippen molar-refractivity contribution in [2.24, 2.45) is 0 Å². The van der Waals surface area contributed by atoms with Gasteiger partial charge < -0.3 is 5.32 Å². The topological polar surface area (TPSA) is 66.0 Å². The minimum atomic E-state index is -0.299. The molecular weight excluding hydrogens is 272 g/mol. The maximum Gasteiger partial charge on any atom is 0.271 e. The third-order valence-electron chi connectivity index (χ3n) is 2.61. The zero-order valence-corrected chi connectivity index (χ0v) is 11.7. The molecule has 1 amide bonds. The fourth-order valence-electron chi connectivity index (χ4n) is 1.55. The smallest absolute Gasteiger partial charge is 0.271 e. The van der Waals surface area contributed by atoms with Crippen molar-refractivity contribution in [3.63, 3.8) is 0 Å². The van der Waals surface area contributed by atoms with E-state index in [9.17, 15) is 4.79 Å². The van der Waals surface area contributed by atoms with Gasteiger partial charge in [0.05, 0.1) is 5.56 Å². The number of thiocarbonyl (C=S) groups is 1. The van der Waals surface area contributed by atoms with Gasteiger partial charge in [0.1, 0.15) is 0 Å². The Hall–Kier alpha value is -2.47. The number of carbonyl (C=O) groups is 1. The number of para-hydroxylation sites is 1. The van der Waals surface area contributed by atoms with E-state index in [0.29, 0.717) is 10.7 Å². The first-order valence-corrected chi connectivity index (χ1v) is 6.40. The average molecular weight is 286 g/mol. The van der Waals surface area contributed by atoms with Gasteiger partial charge in [-0.25, -0.2) is 0 Å². The summed E-state index contributed by atoms with van der Waals surface area (Å²) in [7, 11) is 0. The molecule has 20 heavy (non-hydrogen) atoms. The van der Waals surface area contributed by atoms with Gasteiger partial charge in [-0.1, -0.05) is 18.2 Å². The molecule has 5 nitrogen and oxygen atoms in total. The summed E-state index contributed by atoms with van der Waals surface area (Å²) in [6, 6.07) is 11.1. The van der Waals surface area contributed by atoms with Crippen LogP contribution in [0.5, 0.6) is 0 Å². The van der Waals surface area contributed by atoms with Crippen LogP contribution >= 0.6 is 12.2 Å². The van der Waals surface area contributed by atoms with E-state index in [1.807, 2.05) is 31.2 Å². The van der Waals surface area contributed by atoms with Crippen molar-refractivity contribution in [3.8, 4) is 0 Å². The van der Waals surface area contributed by atoms with Gasteiger partial charge in [0.15, 0.2) is 5.11 Å². The number of benzene rings is 1. The minimum Gasteiger partial charge on any atom is -0.331 e. The molecule has 3 N–H and O–H groups in total. The van der Waals surface area contributed by atoms with Crippen LogP contribution in [0.15, 0.2) is 48.8 Å². The number of nitrogens with one attached hydrogen (secondary N) is 3. The maximum atomic E-state index is 11.8. The first kappa shape index (κ1) is 14.0. The molecule has 0 aliphatic rings. The molecule has 102 valence electrons. The van der Waals surface area contributed by atoms with Crippen molar-refractivity contribution < 1.29 is 4.79 Å². The molecule has 2 aromatic rings. The second-order valence-electron chi connectivity index (χ2n) is 4.09. The second kappa shape index (κ2) is 6.63. The third kappa shape index (κ3) is 3.76. The van der Waals surface area contributed by atoms with E-state index < -0.39 is 0 Å². The number of carbonyl (C=O) groups excluding carboxylic acids is 1. The van der Waals surface area contributed by atoms with Gasteiger partial charge in [0.25, 0.3) is 5.91 Å². The number of aryl methyl sites for hydroxylation is 1. The Morgan fingerprint density at radius 2 is 1.95 bits per heavy atom. The van der Waals surface area contributed by atoms with Crippen molar-refractivity contribution >= 4 is 28.9 Å². The van der Waals surface area contributed by atoms with Crippen LogP contribution in [-0.2, 0) is 0 Å². The summed E-state index contributed by atoms with van der Waals surface area (Å²) in [5.74, 6) is -0.299. The number of anilines is 1. The standard InChI is InChI=1S/C14H14N4OS/c1-10-5-2-3-7-12(10)16-14(20)18-17-13(19)11-6-4-8-15-9-11/h2-9H,1H3,(H,17,19)(H2,16,18,20). The van der Waals surface area contributed by atoms with Gasteiger partial charge in [-0.05, 0) is 42.9 Å². The lowest BCUT2D eigenvalue weighted by Gasteiger charge is -2.12. The van der Waals surface area contributed by atoms with Crippen molar-refractivity contribution in [2.75, 3.05) is 5.32 Å². The van der Waals surface area contributed by atoms with Crippen LogP contribution in [0.1, 0.15) is 15.9 Å². The summed E-state index contributed by atoms with van der Waals surface area (Å²) in [6.45, 7) is 1.97. The van der Waals surface area contributed by atoms with Gasteiger partial charge >= 0.3 is 0 Å². The zero-order valence-electron chi connectivity index (χ0n) is 10.9. The third-order valence-corrected chi connectivity index (χ3v) is 2.81. The van der Waals surface area contributed by atoms with Gasteiger partial charge in [-0.3, -0.25) is 20.6 Å². The highest BCUT2D eigenvalue weighted by Gasteiger charge is 2.05. The highest BCUT2D eigenvalue weighted by molar-refractivity contribution is 7.80. The average Bonchev–Trinajstić information content (AvgIpc) is 2.48. The maximum absolute atomic E-state index is 11.8. The summed E-state index contributed by atoms with van der Waals surface area (Å²) >= 11 is 5.11. The molecule has 2 rings (SSSR count). The predicted octanol–water partition coefficient (Wildman–Crippen LogP) is 2.02. The highest BCUT2D eigenvalue weighted by Crippen LogP contribution is 2.12. The molecule has 0 bridgehead atoms. The minimum absolute atomic E-state index is 0.299. The Labute approximate surface area is 122 Å². The summed E-state index contributed by atoms with van der Waals surface area (Å²) in [5.41, 5.74) is 7.57. The zero-order chi connectivity index (χ0) is 14.4. The van der Waals surface area contributed by atoms with Crippen LogP contribution in [0.3, 0.4) is 0 Å². The second-order valence-corrected chi connectivity index (χ2v) is 4.50. The number of amides is 1. The van der Waals surface area contributed by atoms with Crippen molar-refractivity contribution in [2.45, 2.75) is 6.92 Å². The normalized spacial score (nSPS) is 9.65. The number of nitrogens with zero attached hydrogens (tertiary/aromatic N) is 1. The number of hydrogen-bond acceptors (Lipinski definition) is 3. The van der Waals surface area contributed by atoms with Crippen LogP contribution in [0, 0.1) is 6.92 Å². The van der Waals surface area contributed by atoms with Crippen LogP contribution in [0.25, 0.3) is 0 Å². The van der Waals surface area contributed by atoms with Crippen molar-refractivity contribution in [1.29, 1.82) is 0 Å². The molecule has 0 atom stereocenters. The summed E-state index contributed by atoms with van der Waals surface area (Å²) in [5, 5.41) is 3.32. The fourth-order valence-corrected chi connectivity index (χ4v) is 1.71. The number of pyridine rings is 1. The molecule has 0 spiro atoms. The monoisotopic (exact) mass is 286 g/mol. The Morgan fingerprint density at radius 1 is 1.15 bits per heavy atom. The molecule has 0 aliphatic heterocycles. The Balaban J connectivity index is 1.87. The van der Waals surface area contributed by atoms with E-state index in [-0.39, 0.29) is 5.91 Å². The molecule has 0 fully saturated rings. The van der Waals surface area contributed by atoms with Crippen molar-refractivity contribution in [1.82, 2.24) is 15.8 Å².